The summed E-state index contributed by atoms with van der Waals surface area (Å²) in [5, 5.41) is 13.6. The van der Waals surface area contributed by atoms with E-state index in [-0.39, 0.29) is 38.8 Å². The Hall–Kier alpha value is -4.38. The topological polar surface area (TPSA) is 103 Å². The molecule has 4 rings (SSSR count). The number of hydrogen-bond donors (Lipinski definition) is 1. The molecule has 0 saturated carbocycles. The number of alkyl halides is 3. The van der Waals surface area contributed by atoms with Crippen LogP contribution in [-0.2, 0) is 11.0 Å². The molecule has 0 bridgehead atoms. The number of benzene rings is 3. The molecule has 38 heavy (non-hydrogen) atoms. The first-order valence-corrected chi connectivity index (χ1v) is 11.4. The summed E-state index contributed by atoms with van der Waals surface area (Å²) in [6.45, 7) is 1.32. The van der Waals surface area contributed by atoms with Gasteiger partial charge in [0.25, 0.3) is 5.56 Å². The minimum atomic E-state index is -4.60. The van der Waals surface area contributed by atoms with Gasteiger partial charge in [0, 0.05) is 5.56 Å². The Morgan fingerprint density at radius 2 is 1.89 bits per heavy atom. The largest absolute Gasteiger partial charge is 0.493 e. The normalized spacial score (nSPS) is 12.6. The minimum absolute atomic E-state index is 0.00425. The van der Waals surface area contributed by atoms with Crippen LogP contribution in [0.25, 0.3) is 22.3 Å². The standard InChI is InChI=1S/C26H19ClF3N3O5/c1-14(25(35)36)38-22-19(27)10-15(11-21(22)37-2)13-31-33-23(16-6-5-7-17(12-16)26(28,29)30)32-20-9-4-3-8-18(20)24(33)34/h3-14H,1-2H3,(H,35,36)/t14-/m0/s1. The lowest BCUT2D eigenvalue weighted by molar-refractivity contribution is -0.144. The van der Waals surface area contributed by atoms with Crippen molar-refractivity contribution in [2.45, 2.75) is 19.2 Å². The Bertz CT molecular complexity index is 1620. The highest BCUT2D eigenvalue weighted by Crippen LogP contribution is 2.37. The lowest BCUT2D eigenvalue weighted by Gasteiger charge is -2.16. The second-order valence-electron chi connectivity index (χ2n) is 8.03. The van der Waals surface area contributed by atoms with Crippen LogP contribution in [0.2, 0.25) is 5.02 Å². The maximum absolute atomic E-state index is 13.4. The van der Waals surface area contributed by atoms with E-state index in [9.17, 15) is 22.8 Å². The monoisotopic (exact) mass is 545 g/mol. The average Bonchev–Trinajstić information content (AvgIpc) is 2.88. The van der Waals surface area contributed by atoms with Gasteiger partial charge in [0.2, 0.25) is 0 Å². The SMILES string of the molecule is COc1cc(C=Nn2c(-c3cccc(C(F)(F)F)c3)nc3ccccc3c2=O)cc(Cl)c1O[C@@H](C)C(=O)O. The van der Waals surface area contributed by atoms with Gasteiger partial charge in [-0.3, -0.25) is 4.79 Å². The molecule has 1 atom stereocenters. The van der Waals surface area contributed by atoms with Crippen LogP contribution in [0.15, 0.2) is 70.6 Å². The summed E-state index contributed by atoms with van der Waals surface area (Å²) in [6, 6.07) is 13.7. The van der Waals surface area contributed by atoms with Gasteiger partial charge in [0.15, 0.2) is 23.4 Å². The fourth-order valence-corrected chi connectivity index (χ4v) is 3.80. The summed E-state index contributed by atoms with van der Waals surface area (Å²) in [7, 11) is 1.33. The van der Waals surface area contributed by atoms with Crippen LogP contribution < -0.4 is 15.0 Å². The molecule has 0 aliphatic heterocycles. The van der Waals surface area contributed by atoms with E-state index in [1.54, 1.807) is 18.2 Å². The van der Waals surface area contributed by atoms with Crippen molar-refractivity contribution in [1.29, 1.82) is 0 Å². The fourth-order valence-electron chi connectivity index (χ4n) is 3.53. The third-order valence-corrected chi connectivity index (χ3v) is 5.70. The zero-order chi connectivity index (χ0) is 27.6. The van der Waals surface area contributed by atoms with Crippen LogP contribution in [0, 0.1) is 0 Å². The maximum Gasteiger partial charge on any atom is 0.416 e. The summed E-state index contributed by atoms with van der Waals surface area (Å²) in [4.78, 5) is 28.9. The third kappa shape index (κ3) is 5.47. The van der Waals surface area contributed by atoms with Crippen molar-refractivity contribution in [3.8, 4) is 22.9 Å². The predicted molar refractivity (Wildman–Crippen MR) is 135 cm³/mol. The molecule has 1 N–H and O–H groups in total. The van der Waals surface area contributed by atoms with Gasteiger partial charge in [-0.05, 0) is 48.9 Å². The molecule has 0 amide bonds. The number of aromatic nitrogens is 2. The van der Waals surface area contributed by atoms with Crippen LogP contribution in [0.3, 0.4) is 0 Å². The quantitative estimate of drug-likeness (QED) is 0.309. The van der Waals surface area contributed by atoms with Crippen molar-refractivity contribution >= 4 is 34.7 Å². The Morgan fingerprint density at radius 3 is 2.58 bits per heavy atom. The second kappa shape index (κ2) is 10.5. The van der Waals surface area contributed by atoms with Gasteiger partial charge in [0.05, 0.1) is 34.8 Å². The first-order chi connectivity index (χ1) is 18.0. The van der Waals surface area contributed by atoms with Gasteiger partial charge in [-0.25, -0.2) is 9.78 Å². The molecule has 0 spiro atoms. The molecule has 0 unspecified atom stereocenters. The van der Waals surface area contributed by atoms with Gasteiger partial charge in [0.1, 0.15) is 0 Å². The third-order valence-electron chi connectivity index (χ3n) is 5.42. The summed E-state index contributed by atoms with van der Waals surface area (Å²) in [6.07, 6.45) is -4.57. The number of ether oxygens (including phenoxy) is 2. The van der Waals surface area contributed by atoms with Gasteiger partial charge in [-0.15, -0.1) is 0 Å². The molecule has 196 valence electrons. The van der Waals surface area contributed by atoms with E-state index in [4.69, 9.17) is 26.2 Å². The number of carboxylic acid groups (broad SMARTS) is 1. The molecule has 0 fully saturated rings. The van der Waals surface area contributed by atoms with Crippen LogP contribution in [0.4, 0.5) is 13.2 Å². The lowest BCUT2D eigenvalue weighted by Crippen LogP contribution is -2.23. The molecule has 4 aromatic rings. The van der Waals surface area contributed by atoms with Gasteiger partial charge in [-0.1, -0.05) is 35.9 Å². The Labute approximate surface area is 218 Å². The van der Waals surface area contributed by atoms with Gasteiger partial charge in [-0.2, -0.15) is 22.9 Å². The second-order valence-corrected chi connectivity index (χ2v) is 8.43. The number of hydrogen-bond acceptors (Lipinski definition) is 6. The molecule has 0 saturated heterocycles. The smallest absolute Gasteiger partial charge is 0.416 e. The fraction of sp³-hybridized carbons (Fsp3) is 0.154. The zero-order valence-corrected chi connectivity index (χ0v) is 20.6. The van der Waals surface area contributed by atoms with E-state index in [0.717, 1.165) is 16.8 Å². The first-order valence-electron chi connectivity index (χ1n) is 11.0. The maximum atomic E-state index is 13.4. The molecule has 0 aliphatic rings. The molecule has 1 aromatic heterocycles. The van der Waals surface area contributed by atoms with Crippen molar-refractivity contribution in [1.82, 2.24) is 9.66 Å². The van der Waals surface area contributed by atoms with Crippen LogP contribution in [-0.4, -0.2) is 40.2 Å². The highest BCUT2D eigenvalue weighted by molar-refractivity contribution is 6.32. The molecule has 1 heterocycles. The van der Waals surface area contributed by atoms with E-state index in [1.165, 1.54) is 50.6 Å². The van der Waals surface area contributed by atoms with Gasteiger partial charge >= 0.3 is 12.1 Å². The van der Waals surface area contributed by atoms with Crippen LogP contribution in [0.1, 0.15) is 18.1 Å². The van der Waals surface area contributed by atoms with Crippen LogP contribution in [0.5, 0.6) is 11.5 Å². The first kappa shape index (κ1) is 26.7. The molecule has 0 radical (unpaired) electrons. The van der Waals surface area contributed by atoms with E-state index >= 15 is 0 Å². The molecular weight excluding hydrogens is 527 g/mol. The van der Waals surface area contributed by atoms with E-state index in [2.05, 4.69) is 10.1 Å². The van der Waals surface area contributed by atoms with Crippen molar-refractivity contribution < 1.29 is 32.5 Å². The number of rotatable bonds is 7. The number of carboxylic acids is 1. The van der Waals surface area contributed by atoms with Crippen LogP contribution >= 0.6 is 11.6 Å². The van der Waals surface area contributed by atoms with E-state index in [1.807, 2.05) is 0 Å². The van der Waals surface area contributed by atoms with Gasteiger partial charge < -0.3 is 14.6 Å². The number of fused-ring (bicyclic) bond motifs is 1. The number of aliphatic carboxylic acids is 1. The number of halogens is 4. The summed E-state index contributed by atoms with van der Waals surface area (Å²) < 4.78 is 51.6. The molecule has 8 nitrogen and oxygen atoms in total. The Kier molecular flexibility index (Phi) is 7.40. The number of carbonyl (C=O) groups is 1. The Morgan fingerprint density at radius 1 is 1.16 bits per heavy atom. The van der Waals surface area contributed by atoms with E-state index < -0.39 is 29.4 Å². The number of methoxy groups -OCH3 is 1. The molecule has 0 aliphatic carbocycles. The van der Waals surface area contributed by atoms with E-state index in [0.29, 0.717) is 5.56 Å². The van der Waals surface area contributed by atoms with Crippen molar-refractivity contribution in [2.75, 3.05) is 7.11 Å². The summed E-state index contributed by atoms with van der Waals surface area (Å²) in [5.41, 5.74) is -0.864. The summed E-state index contributed by atoms with van der Waals surface area (Å²) in [5.74, 6) is -1.21. The lowest BCUT2D eigenvalue weighted by atomic mass is 10.1. The van der Waals surface area contributed by atoms with Crippen molar-refractivity contribution in [2.24, 2.45) is 5.10 Å². The number of nitrogens with zero attached hydrogens (tertiary/aromatic N) is 3. The van der Waals surface area contributed by atoms with Crippen molar-refractivity contribution in [3.05, 3.63) is 87.2 Å². The molecule has 3 aromatic carbocycles. The van der Waals surface area contributed by atoms with Crippen molar-refractivity contribution in [3.63, 3.8) is 0 Å². The average molecular weight is 546 g/mol. The Balaban J connectivity index is 1.85. The summed E-state index contributed by atoms with van der Waals surface area (Å²) >= 11 is 6.29. The minimum Gasteiger partial charge on any atom is -0.493 e. The zero-order valence-electron chi connectivity index (χ0n) is 19.9. The predicted octanol–water partition coefficient (Wildman–Crippen LogP) is 5.48. The molecule has 12 heteroatoms. The highest BCUT2D eigenvalue weighted by Gasteiger charge is 2.31. The number of para-hydroxylation sites is 1. The molecular formula is C26H19ClF3N3O5. The highest BCUT2D eigenvalue weighted by atomic mass is 35.5.